The van der Waals surface area contributed by atoms with Crippen molar-refractivity contribution < 1.29 is 0 Å². The summed E-state index contributed by atoms with van der Waals surface area (Å²) in [4.78, 5) is 8.02. The minimum Gasteiger partial charge on any atom is -0.223 e. The third-order valence-electron chi connectivity index (χ3n) is 2.28. The lowest BCUT2D eigenvalue weighted by molar-refractivity contribution is 0.793. The fourth-order valence-electron chi connectivity index (χ4n) is 1.51. The highest BCUT2D eigenvalue weighted by Crippen LogP contribution is 2.26. The molecule has 1 aromatic carbocycles. The van der Waals surface area contributed by atoms with Gasteiger partial charge >= 0.3 is 0 Å². The minimum absolute atomic E-state index is 0.342. The maximum Gasteiger partial charge on any atom is 0.174 e. The van der Waals surface area contributed by atoms with E-state index in [1.807, 2.05) is 24.3 Å². The van der Waals surface area contributed by atoms with Crippen LogP contribution >= 0.6 is 27.5 Å². The molecule has 0 N–H and O–H groups in total. The number of aromatic nitrogens is 5. The Bertz CT molecular complexity index is 696. The van der Waals surface area contributed by atoms with Gasteiger partial charge in [-0.05, 0) is 28.1 Å². The highest BCUT2D eigenvalue weighted by atomic mass is 79.9. The van der Waals surface area contributed by atoms with Crippen molar-refractivity contribution >= 4 is 38.6 Å². The molecule has 0 unspecified atom stereocenters. The van der Waals surface area contributed by atoms with Crippen molar-refractivity contribution in [3.05, 3.63) is 40.2 Å². The van der Waals surface area contributed by atoms with Crippen molar-refractivity contribution in [2.24, 2.45) is 0 Å². The number of nitrogens with zero attached hydrogens (tertiary/aromatic N) is 5. The van der Waals surface area contributed by atoms with Gasteiger partial charge in [0, 0.05) is 0 Å². The van der Waals surface area contributed by atoms with Crippen molar-refractivity contribution in [1.29, 1.82) is 0 Å². The summed E-state index contributed by atoms with van der Waals surface area (Å²) in [5, 5.41) is 8.45. The highest BCUT2D eigenvalue weighted by molar-refractivity contribution is 9.10. The molecular formula is C10H5BrClN5. The van der Waals surface area contributed by atoms with Crippen LogP contribution in [0.25, 0.3) is 16.9 Å². The Labute approximate surface area is 110 Å². The Kier molecular flexibility index (Phi) is 2.53. The van der Waals surface area contributed by atoms with Crippen LogP contribution in [-0.4, -0.2) is 25.0 Å². The van der Waals surface area contributed by atoms with E-state index in [2.05, 4.69) is 36.2 Å². The fourth-order valence-corrected chi connectivity index (χ4v) is 2.01. The van der Waals surface area contributed by atoms with E-state index in [9.17, 15) is 0 Å². The molecule has 0 aliphatic rings. The Morgan fingerprint density at radius 1 is 1.18 bits per heavy atom. The second-order valence-electron chi connectivity index (χ2n) is 3.29. The first-order valence-electron chi connectivity index (χ1n) is 4.74. The maximum atomic E-state index is 5.92. The molecular weight excluding hydrogens is 306 g/mol. The lowest BCUT2D eigenvalue weighted by atomic mass is 10.3. The van der Waals surface area contributed by atoms with Gasteiger partial charge in [0.2, 0.25) is 0 Å². The molecule has 84 valence electrons. The first-order chi connectivity index (χ1) is 8.27. The zero-order valence-electron chi connectivity index (χ0n) is 8.38. The molecule has 0 saturated carbocycles. The second kappa shape index (κ2) is 4.05. The summed E-state index contributed by atoms with van der Waals surface area (Å²) in [6.07, 6.45) is 1.39. The molecule has 0 aliphatic carbocycles. The quantitative estimate of drug-likeness (QED) is 0.648. The topological polar surface area (TPSA) is 56.5 Å². The first-order valence-corrected chi connectivity index (χ1v) is 5.91. The van der Waals surface area contributed by atoms with Crippen molar-refractivity contribution in [3.63, 3.8) is 0 Å². The van der Waals surface area contributed by atoms with Gasteiger partial charge in [0.25, 0.3) is 0 Å². The van der Waals surface area contributed by atoms with Gasteiger partial charge < -0.3 is 0 Å². The average Bonchev–Trinajstić information content (AvgIpc) is 2.77. The molecule has 0 spiro atoms. The lowest BCUT2D eigenvalue weighted by Crippen LogP contribution is -2.02. The Morgan fingerprint density at radius 2 is 2.00 bits per heavy atom. The molecule has 2 aromatic heterocycles. The third-order valence-corrected chi connectivity index (χ3v) is 3.53. The smallest absolute Gasteiger partial charge is 0.174 e. The predicted molar refractivity (Wildman–Crippen MR) is 67.2 cm³/mol. The SMILES string of the molecule is Clc1ncnc(-n2nnc3ccccc32)c1Br. The molecule has 0 amide bonds. The molecule has 0 radical (unpaired) electrons. The van der Waals surface area contributed by atoms with Gasteiger partial charge in [0.1, 0.15) is 17.0 Å². The number of para-hydroxylation sites is 1. The predicted octanol–water partition coefficient (Wildman–Crippen LogP) is 2.63. The van der Waals surface area contributed by atoms with Crippen LogP contribution in [0.1, 0.15) is 0 Å². The molecule has 3 rings (SSSR count). The van der Waals surface area contributed by atoms with Gasteiger partial charge in [-0.15, -0.1) is 5.10 Å². The number of halogens is 2. The van der Waals surface area contributed by atoms with Crippen LogP contribution in [0.5, 0.6) is 0 Å². The van der Waals surface area contributed by atoms with Gasteiger partial charge in [0.05, 0.1) is 9.99 Å². The van der Waals surface area contributed by atoms with E-state index in [1.165, 1.54) is 6.33 Å². The van der Waals surface area contributed by atoms with Crippen LogP contribution in [-0.2, 0) is 0 Å². The zero-order valence-corrected chi connectivity index (χ0v) is 10.7. The number of hydrogen-bond acceptors (Lipinski definition) is 4. The second-order valence-corrected chi connectivity index (χ2v) is 4.44. The van der Waals surface area contributed by atoms with Gasteiger partial charge in [-0.25, -0.2) is 9.97 Å². The molecule has 0 fully saturated rings. The molecule has 0 bridgehead atoms. The standard InChI is InChI=1S/C10H5BrClN5/c11-8-9(12)13-5-14-10(8)17-7-4-2-1-3-6(7)15-16-17/h1-5H. The van der Waals surface area contributed by atoms with E-state index in [1.54, 1.807) is 4.68 Å². The molecule has 2 heterocycles. The van der Waals surface area contributed by atoms with Crippen molar-refractivity contribution in [1.82, 2.24) is 25.0 Å². The Hall–Kier alpha value is -1.53. The van der Waals surface area contributed by atoms with Gasteiger partial charge in [-0.1, -0.05) is 28.9 Å². The van der Waals surface area contributed by atoms with E-state index in [0.717, 1.165) is 11.0 Å². The van der Waals surface area contributed by atoms with Gasteiger partial charge in [0.15, 0.2) is 5.82 Å². The van der Waals surface area contributed by atoms with E-state index in [-0.39, 0.29) is 0 Å². The van der Waals surface area contributed by atoms with E-state index < -0.39 is 0 Å². The molecule has 0 aliphatic heterocycles. The summed E-state index contributed by atoms with van der Waals surface area (Å²) in [6.45, 7) is 0. The highest BCUT2D eigenvalue weighted by Gasteiger charge is 2.12. The van der Waals surface area contributed by atoms with Crippen LogP contribution in [0, 0.1) is 0 Å². The summed E-state index contributed by atoms with van der Waals surface area (Å²) in [5.74, 6) is 0.568. The summed E-state index contributed by atoms with van der Waals surface area (Å²) in [6, 6.07) is 7.62. The Morgan fingerprint density at radius 3 is 2.88 bits per heavy atom. The summed E-state index contributed by atoms with van der Waals surface area (Å²) in [5.41, 5.74) is 1.66. The summed E-state index contributed by atoms with van der Waals surface area (Å²) >= 11 is 9.26. The van der Waals surface area contributed by atoms with Crippen molar-refractivity contribution in [3.8, 4) is 5.82 Å². The van der Waals surface area contributed by atoms with Crippen molar-refractivity contribution in [2.75, 3.05) is 0 Å². The summed E-state index contributed by atoms with van der Waals surface area (Å²) < 4.78 is 2.21. The molecule has 3 aromatic rings. The van der Waals surface area contributed by atoms with Crippen LogP contribution in [0.15, 0.2) is 35.1 Å². The average molecular weight is 311 g/mol. The van der Waals surface area contributed by atoms with Crippen LogP contribution in [0.2, 0.25) is 5.15 Å². The van der Waals surface area contributed by atoms with Gasteiger partial charge in [-0.3, -0.25) is 0 Å². The van der Waals surface area contributed by atoms with Crippen molar-refractivity contribution in [2.45, 2.75) is 0 Å². The molecule has 7 heteroatoms. The molecule has 0 saturated heterocycles. The monoisotopic (exact) mass is 309 g/mol. The number of rotatable bonds is 1. The minimum atomic E-state index is 0.342. The molecule has 17 heavy (non-hydrogen) atoms. The third kappa shape index (κ3) is 1.69. The number of hydrogen-bond donors (Lipinski definition) is 0. The van der Waals surface area contributed by atoms with Crippen LogP contribution in [0.3, 0.4) is 0 Å². The lowest BCUT2D eigenvalue weighted by Gasteiger charge is -2.03. The zero-order chi connectivity index (χ0) is 11.8. The van der Waals surface area contributed by atoms with Crippen LogP contribution in [0.4, 0.5) is 0 Å². The van der Waals surface area contributed by atoms with E-state index >= 15 is 0 Å². The normalized spacial score (nSPS) is 10.9. The number of fused-ring (bicyclic) bond motifs is 1. The first kappa shape index (κ1) is 10.6. The summed E-state index contributed by atoms with van der Waals surface area (Å²) in [7, 11) is 0. The molecule has 5 nitrogen and oxygen atoms in total. The Balaban J connectivity index is 2.31. The number of benzene rings is 1. The fraction of sp³-hybridized carbons (Fsp3) is 0. The van der Waals surface area contributed by atoms with E-state index in [4.69, 9.17) is 11.6 Å². The van der Waals surface area contributed by atoms with Gasteiger partial charge in [-0.2, -0.15) is 4.68 Å². The maximum absolute atomic E-state index is 5.92. The largest absolute Gasteiger partial charge is 0.223 e. The molecule has 0 atom stereocenters. The van der Waals surface area contributed by atoms with Crippen LogP contribution < -0.4 is 0 Å². The van der Waals surface area contributed by atoms with E-state index in [0.29, 0.717) is 15.4 Å².